The third kappa shape index (κ3) is 4.54. The van der Waals surface area contributed by atoms with E-state index in [2.05, 4.69) is 10.3 Å². The fourth-order valence-electron chi connectivity index (χ4n) is 3.27. The van der Waals surface area contributed by atoms with Crippen LogP contribution in [0.2, 0.25) is 5.02 Å². The van der Waals surface area contributed by atoms with E-state index < -0.39 is 0 Å². The predicted octanol–water partition coefficient (Wildman–Crippen LogP) is 3.89. The van der Waals surface area contributed by atoms with Gasteiger partial charge in [0, 0.05) is 36.1 Å². The summed E-state index contributed by atoms with van der Waals surface area (Å²) < 4.78 is 0. The lowest BCUT2D eigenvalue weighted by Gasteiger charge is -2.26. The number of amides is 2. The number of H-pyrrole nitrogens is 1. The average molecular weight is 398 g/mol. The fraction of sp³-hybridized carbons (Fsp3) is 0.273. The molecule has 3 rings (SSSR count). The number of aromatic nitrogens is 1. The molecule has 0 spiro atoms. The maximum atomic E-state index is 12.9. The highest BCUT2D eigenvalue weighted by Gasteiger charge is 2.27. The molecular weight excluding hydrogens is 374 g/mol. The highest BCUT2D eigenvalue weighted by Crippen LogP contribution is 2.21. The summed E-state index contributed by atoms with van der Waals surface area (Å²) in [5.41, 5.74) is 2.35. The number of hydrogen-bond acceptors (Lipinski definition) is 2. The van der Waals surface area contributed by atoms with E-state index in [1.165, 1.54) is 0 Å². The number of nitrogens with zero attached hydrogens (tertiary/aromatic N) is 1. The van der Waals surface area contributed by atoms with Crippen molar-refractivity contribution >= 4 is 34.3 Å². The van der Waals surface area contributed by atoms with Crippen molar-refractivity contribution in [2.75, 3.05) is 14.1 Å². The van der Waals surface area contributed by atoms with Crippen LogP contribution in [0.1, 0.15) is 23.0 Å². The zero-order valence-corrected chi connectivity index (χ0v) is 17.0. The summed E-state index contributed by atoms with van der Waals surface area (Å²) in [6.07, 6.45) is 0.569. The number of hydrogen-bond donors (Lipinski definition) is 2. The third-order valence-corrected chi connectivity index (χ3v) is 5.11. The molecule has 1 heterocycles. The maximum absolute atomic E-state index is 12.9. The zero-order valence-electron chi connectivity index (χ0n) is 16.2. The molecule has 5 nitrogen and oxygen atoms in total. The molecule has 0 aliphatic rings. The molecule has 1 aromatic heterocycles. The van der Waals surface area contributed by atoms with Gasteiger partial charge in [0.25, 0.3) is 5.91 Å². The minimum Gasteiger partial charge on any atom is -0.351 e. The summed E-state index contributed by atoms with van der Waals surface area (Å²) in [6.45, 7) is 1.85. The quantitative estimate of drug-likeness (QED) is 0.662. The van der Waals surface area contributed by atoms with Gasteiger partial charge in [0.15, 0.2) is 0 Å². The number of carbonyl (C=O) groups excluding carboxylic acids is 2. The van der Waals surface area contributed by atoms with Crippen molar-refractivity contribution < 1.29 is 9.59 Å². The molecule has 0 bridgehead atoms. The van der Waals surface area contributed by atoms with Crippen LogP contribution in [-0.4, -0.2) is 41.8 Å². The number of rotatable bonds is 6. The summed E-state index contributed by atoms with van der Waals surface area (Å²) in [5.74, 6) is -0.630. The largest absolute Gasteiger partial charge is 0.351 e. The molecule has 0 saturated heterocycles. The van der Waals surface area contributed by atoms with E-state index in [9.17, 15) is 9.59 Å². The molecule has 0 radical (unpaired) electrons. The molecule has 0 fully saturated rings. The average Bonchev–Trinajstić information content (AvgIpc) is 3.10. The monoisotopic (exact) mass is 397 g/mol. The molecule has 0 saturated carbocycles. The van der Waals surface area contributed by atoms with E-state index in [0.717, 1.165) is 16.5 Å². The lowest BCUT2D eigenvalue weighted by Crippen LogP contribution is -2.46. The van der Waals surface area contributed by atoms with E-state index in [1.807, 2.05) is 49.4 Å². The Labute approximate surface area is 169 Å². The molecule has 146 valence electrons. The molecule has 0 unspecified atom stereocenters. The van der Waals surface area contributed by atoms with E-state index in [-0.39, 0.29) is 23.8 Å². The smallest absolute Gasteiger partial charge is 0.267 e. The van der Waals surface area contributed by atoms with Gasteiger partial charge in [-0.15, -0.1) is 0 Å². The molecule has 6 heteroatoms. The molecule has 2 aromatic carbocycles. The van der Waals surface area contributed by atoms with Gasteiger partial charge in [-0.2, -0.15) is 0 Å². The second kappa shape index (κ2) is 8.48. The molecule has 3 aromatic rings. The molecule has 0 aliphatic carbocycles. The van der Waals surface area contributed by atoms with Gasteiger partial charge in [-0.3, -0.25) is 9.59 Å². The Hall–Kier alpha value is -2.79. The number of aromatic amines is 1. The van der Waals surface area contributed by atoms with Crippen LogP contribution in [0.3, 0.4) is 0 Å². The summed E-state index contributed by atoms with van der Waals surface area (Å²) in [5, 5.41) is 4.53. The van der Waals surface area contributed by atoms with E-state index in [0.29, 0.717) is 17.1 Å². The van der Waals surface area contributed by atoms with Gasteiger partial charge in [-0.05, 0) is 36.2 Å². The summed E-state index contributed by atoms with van der Waals surface area (Å²) >= 11 is 6.03. The first-order valence-corrected chi connectivity index (χ1v) is 9.57. The molecule has 0 aliphatic heterocycles. The first kappa shape index (κ1) is 20.0. The van der Waals surface area contributed by atoms with Crippen LogP contribution in [0.25, 0.3) is 10.9 Å². The van der Waals surface area contributed by atoms with Gasteiger partial charge in [0.05, 0.1) is 5.92 Å². The van der Waals surface area contributed by atoms with Crippen molar-refractivity contribution in [3.63, 3.8) is 0 Å². The van der Waals surface area contributed by atoms with Crippen LogP contribution in [0.15, 0.2) is 54.6 Å². The van der Waals surface area contributed by atoms with Crippen LogP contribution in [0.4, 0.5) is 0 Å². The highest BCUT2D eigenvalue weighted by molar-refractivity contribution is 6.31. The maximum Gasteiger partial charge on any atom is 0.267 e. The normalized spacial score (nSPS) is 13.1. The van der Waals surface area contributed by atoms with Crippen molar-refractivity contribution in [3.8, 4) is 0 Å². The van der Waals surface area contributed by atoms with Crippen molar-refractivity contribution in [2.45, 2.75) is 19.4 Å². The Balaban J connectivity index is 1.84. The lowest BCUT2D eigenvalue weighted by atomic mass is 9.93. The second-order valence-corrected chi connectivity index (χ2v) is 7.64. The minimum atomic E-state index is -0.363. The first-order chi connectivity index (χ1) is 13.3. The number of benzene rings is 2. The zero-order chi connectivity index (χ0) is 20.3. The van der Waals surface area contributed by atoms with E-state index in [1.54, 1.807) is 31.1 Å². The molecule has 28 heavy (non-hydrogen) atoms. The Kier molecular flexibility index (Phi) is 6.05. The third-order valence-electron chi connectivity index (χ3n) is 4.88. The number of halogens is 1. The lowest BCUT2D eigenvalue weighted by molar-refractivity contribution is -0.133. The minimum absolute atomic E-state index is 0.0235. The molecule has 2 atom stereocenters. The topological polar surface area (TPSA) is 65.2 Å². The van der Waals surface area contributed by atoms with Gasteiger partial charge in [-0.1, -0.05) is 48.9 Å². The van der Waals surface area contributed by atoms with Crippen LogP contribution in [-0.2, 0) is 11.2 Å². The summed E-state index contributed by atoms with van der Waals surface area (Å²) in [4.78, 5) is 30.1. The van der Waals surface area contributed by atoms with Crippen LogP contribution in [0, 0.1) is 5.92 Å². The van der Waals surface area contributed by atoms with Crippen molar-refractivity contribution in [3.05, 3.63) is 70.9 Å². The molecular formula is C22H24ClN3O2. The molecule has 2 N–H and O–H groups in total. The number of nitrogens with one attached hydrogen (secondary N) is 2. The van der Waals surface area contributed by atoms with Gasteiger partial charge in [0.1, 0.15) is 5.69 Å². The fourth-order valence-corrected chi connectivity index (χ4v) is 3.45. The van der Waals surface area contributed by atoms with Gasteiger partial charge < -0.3 is 15.2 Å². The van der Waals surface area contributed by atoms with Crippen LogP contribution < -0.4 is 5.32 Å². The number of carbonyl (C=O) groups is 2. The van der Waals surface area contributed by atoms with Crippen molar-refractivity contribution in [1.82, 2.24) is 15.2 Å². The van der Waals surface area contributed by atoms with Crippen LogP contribution >= 0.6 is 11.6 Å². The predicted molar refractivity (Wildman–Crippen MR) is 113 cm³/mol. The Morgan fingerprint density at radius 3 is 2.50 bits per heavy atom. The van der Waals surface area contributed by atoms with E-state index >= 15 is 0 Å². The number of fused-ring (bicyclic) bond motifs is 1. The van der Waals surface area contributed by atoms with Crippen LogP contribution in [0.5, 0.6) is 0 Å². The second-order valence-electron chi connectivity index (χ2n) is 7.21. The first-order valence-electron chi connectivity index (χ1n) is 9.19. The van der Waals surface area contributed by atoms with E-state index in [4.69, 9.17) is 11.6 Å². The van der Waals surface area contributed by atoms with Gasteiger partial charge in [0.2, 0.25) is 5.91 Å². The Morgan fingerprint density at radius 2 is 1.82 bits per heavy atom. The van der Waals surface area contributed by atoms with Gasteiger partial charge >= 0.3 is 0 Å². The Morgan fingerprint density at radius 1 is 1.11 bits per heavy atom. The van der Waals surface area contributed by atoms with Crippen molar-refractivity contribution in [2.24, 2.45) is 5.92 Å². The Bertz CT molecular complexity index is 982. The highest BCUT2D eigenvalue weighted by atomic mass is 35.5. The van der Waals surface area contributed by atoms with Gasteiger partial charge in [-0.25, -0.2) is 0 Å². The standard InChI is InChI=1S/C22H24ClN3O2/c1-14(22(28)26(2)3)19(11-15-7-5-4-6-8-15)25-21(27)20-13-16-12-17(23)9-10-18(16)24-20/h4-10,12-14,19,24H,11H2,1-3H3,(H,25,27)/t14-,19+/m1/s1. The molecule has 2 amide bonds. The SMILES string of the molecule is C[C@@H](C(=O)N(C)C)[C@H](Cc1ccccc1)NC(=O)c1cc2cc(Cl)ccc2[nH]1. The summed E-state index contributed by atoms with van der Waals surface area (Å²) in [7, 11) is 3.45. The summed E-state index contributed by atoms with van der Waals surface area (Å²) in [6, 6.07) is 16.7. The van der Waals surface area contributed by atoms with Crippen molar-refractivity contribution in [1.29, 1.82) is 0 Å².